The van der Waals surface area contributed by atoms with Crippen molar-refractivity contribution < 1.29 is 146 Å². The lowest BCUT2D eigenvalue weighted by atomic mass is 9.94. The largest absolute Gasteiger partial charge is 0.484 e. The van der Waals surface area contributed by atoms with Gasteiger partial charge in [-0.3, -0.25) is 91.6 Å². The van der Waals surface area contributed by atoms with Crippen LogP contribution in [0.4, 0.5) is 4.79 Å². The van der Waals surface area contributed by atoms with Crippen LogP contribution in [-0.4, -0.2) is 298 Å². The molecule has 7 atom stereocenters. The zero-order valence-corrected chi connectivity index (χ0v) is 57.5. The summed E-state index contributed by atoms with van der Waals surface area (Å²) in [5.74, 6) is -14.9. The molecule has 1 aliphatic heterocycles. The predicted octanol–water partition coefficient (Wildman–Crippen LogP) is -3.96. The van der Waals surface area contributed by atoms with Crippen LogP contribution in [0.3, 0.4) is 0 Å². The maximum atomic E-state index is 13.4. The number of ketones is 1. The summed E-state index contributed by atoms with van der Waals surface area (Å²) in [7, 11) is -11.1. The third-order valence-electron chi connectivity index (χ3n) is 15.7. The van der Waals surface area contributed by atoms with E-state index in [0.29, 0.717) is 11.1 Å². The van der Waals surface area contributed by atoms with Crippen molar-refractivity contribution in [2.45, 2.75) is 119 Å². The Morgan fingerprint density at radius 3 is 1.58 bits per heavy atom. The van der Waals surface area contributed by atoms with Crippen LogP contribution in [0.25, 0.3) is 0 Å². The van der Waals surface area contributed by atoms with Gasteiger partial charge in [0, 0.05) is 91.0 Å². The highest BCUT2D eigenvalue weighted by Gasteiger charge is 2.45. The quantitative estimate of drug-likeness (QED) is 0.0130. The summed E-state index contributed by atoms with van der Waals surface area (Å²) in [5.41, 5.74) is -1.76. The number of Topliss-reactive ketones (excluding diaryl/α,β-unsaturated/α-hetero) is 1. The molecule has 1 fully saturated rings. The molecule has 43 heteroatoms. The first kappa shape index (κ1) is 88.1. The van der Waals surface area contributed by atoms with E-state index in [-0.39, 0.29) is 116 Å². The highest BCUT2D eigenvalue weighted by Crippen LogP contribution is 2.58. The number of urea groups is 1. The van der Waals surface area contributed by atoms with Crippen LogP contribution in [0, 0.1) is 5.92 Å². The minimum atomic E-state index is -5.56. The highest BCUT2D eigenvalue weighted by atomic mass is 31.2. The fourth-order valence-electron chi connectivity index (χ4n) is 10.5. The van der Waals surface area contributed by atoms with Crippen molar-refractivity contribution >= 4 is 98.9 Å². The zero-order valence-electron chi connectivity index (χ0n) is 55.7. The van der Waals surface area contributed by atoms with Crippen LogP contribution in [0.5, 0.6) is 5.75 Å². The smallest absolute Gasteiger partial charge is 0.360 e. The highest BCUT2D eigenvalue weighted by molar-refractivity contribution is 7.70. The summed E-state index contributed by atoms with van der Waals surface area (Å²) in [6, 6.07) is 7.98. The summed E-state index contributed by atoms with van der Waals surface area (Å²) in [6.45, 7) is -4.67. The van der Waals surface area contributed by atoms with E-state index in [0.717, 1.165) is 0 Å². The topological polar surface area (TPSA) is 632 Å². The van der Waals surface area contributed by atoms with E-state index >= 15 is 0 Å². The number of carboxylic acid groups (broad SMARTS) is 7. The monoisotopic (exact) mass is 1510 g/mol. The normalized spacial score (nSPS) is 15.8. The van der Waals surface area contributed by atoms with Gasteiger partial charge in [0.2, 0.25) is 23.2 Å². The number of nitrogens with one attached hydrogen (secondary N) is 7. The average Bonchev–Trinajstić information content (AvgIpc) is 0.828. The molecular formula is C60H89N11O30P2. The van der Waals surface area contributed by atoms with Crippen molar-refractivity contribution in [3.63, 3.8) is 0 Å². The van der Waals surface area contributed by atoms with Crippen molar-refractivity contribution in [3.8, 4) is 5.75 Å². The summed E-state index contributed by atoms with van der Waals surface area (Å²) in [4.78, 5) is 216. The number of nitrogens with zero attached hydrogens (tertiary/aromatic N) is 4. The Bertz CT molecular complexity index is 3240. The van der Waals surface area contributed by atoms with Crippen LogP contribution in [0.2, 0.25) is 0 Å². The number of unbranched alkanes of at least 4 members (excludes halogenated alkanes) is 1. The lowest BCUT2D eigenvalue weighted by molar-refractivity contribution is -0.146. The van der Waals surface area contributed by atoms with Crippen LogP contribution in [0.1, 0.15) is 75.3 Å². The molecule has 1 saturated heterocycles. The number of aliphatic carboxylic acids is 7. The van der Waals surface area contributed by atoms with E-state index in [1.54, 1.807) is 30.3 Å². The van der Waals surface area contributed by atoms with Gasteiger partial charge in [0.05, 0.1) is 32.1 Å². The summed E-state index contributed by atoms with van der Waals surface area (Å²) in [5, 5.41) is 95.1. The Morgan fingerprint density at radius 2 is 1.08 bits per heavy atom. The van der Waals surface area contributed by atoms with Gasteiger partial charge in [-0.15, -0.1) is 0 Å². The molecule has 0 bridgehead atoms. The standard InChI is InChI=1S/C60H89N11O30P2/c72-36-101-50(67-59(93)65-42(56(87)88)13-18-51(78)79)8-4-5-19-61-54(84)43(29-37-6-2-1-3-7-37)64-49(77)35-100-41-11-9-38(10-12-41)28-39(55(85)86)30-40(73)31-62-46(74)16-14-44(57(89)90)70-24-20-68(33-52(80)81)22-26-71(27-23-69(21-25-70)34-53(82)83)45(58(91)92)15-17-47(75)63-32-48(76)66-60(102(94,95)96)103(97,98)99/h1-3,6-7,9-12,36,39,42-45,47,50,60,63,75H,4-5,8,13-35H2,(H,61,84)(H,62,74)(H,64,77)(H,66,76)(H,78,79)(H,80,81)(H,82,83)(H,85,86)(H,87,88)(H,89,90)(H,91,92)(H2,65,67,93)(H2,94,95,96)(H2,97,98,99)/t39-,42+,43+,44?,45?,47?,50-/m1/s1. The van der Waals surface area contributed by atoms with Gasteiger partial charge in [0.25, 0.3) is 12.4 Å². The first-order chi connectivity index (χ1) is 48.4. The third kappa shape index (κ3) is 36.0. The summed E-state index contributed by atoms with van der Waals surface area (Å²) in [6.07, 6.45) is -5.60. The van der Waals surface area contributed by atoms with Crippen molar-refractivity contribution in [2.75, 3.05) is 91.7 Å². The predicted molar refractivity (Wildman–Crippen MR) is 352 cm³/mol. The van der Waals surface area contributed by atoms with Crippen LogP contribution in [0.15, 0.2) is 54.6 Å². The number of carbonyl (C=O) groups is 14. The fraction of sp³-hybridized carbons (Fsp3) is 0.567. The molecule has 0 aliphatic carbocycles. The Labute approximate surface area is 588 Å². The Morgan fingerprint density at radius 1 is 0.524 bits per heavy atom. The Kier molecular flexibility index (Phi) is 38.6. The van der Waals surface area contributed by atoms with Gasteiger partial charge in [0.15, 0.2) is 18.6 Å². The van der Waals surface area contributed by atoms with Gasteiger partial charge >= 0.3 is 63.0 Å². The Hall–Kier alpha value is -9.12. The van der Waals surface area contributed by atoms with E-state index in [2.05, 4.69) is 31.9 Å². The molecule has 0 saturated carbocycles. The number of aliphatic hydroxyl groups is 1. The molecule has 19 N–H and O–H groups in total. The maximum Gasteiger partial charge on any atom is 0.360 e. The van der Waals surface area contributed by atoms with E-state index in [1.165, 1.54) is 49.2 Å². The number of aliphatic hydroxyl groups excluding tert-OH is 1. The third-order valence-corrected chi connectivity index (χ3v) is 19.1. The number of ether oxygens (including phenoxy) is 2. The van der Waals surface area contributed by atoms with Crippen LogP contribution < -0.4 is 42.0 Å². The van der Waals surface area contributed by atoms with E-state index in [9.17, 15) is 132 Å². The Balaban J connectivity index is 1.57. The van der Waals surface area contributed by atoms with E-state index in [4.69, 9.17) is 14.6 Å². The van der Waals surface area contributed by atoms with E-state index < -0.39 is 205 Å². The zero-order chi connectivity index (χ0) is 77.0. The van der Waals surface area contributed by atoms with Gasteiger partial charge in [-0.1, -0.05) is 42.5 Å². The molecule has 0 radical (unpaired) electrons. The number of hydrogen-bond acceptors (Lipinski definition) is 24. The van der Waals surface area contributed by atoms with Crippen molar-refractivity contribution in [1.29, 1.82) is 0 Å². The van der Waals surface area contributed by atoms with Crippen molar-refractivity contribution in [2.24, 2.45) is 5.92 Å². The minimum absolute atomic E-state index is 0.0283. The number of carbonyl (C=O) groups excluding carboxylic acids is 7. The fourth-order valence-corrected chi connectivity index (χ4v) is 12.7. The van der Waals surface area contributed by atoms with Gasteiger partial charge in [-0.2, -0.15) is 0 Å². The minimum Gasteiger partial charge on any atom is -0.484 e. The molecular weight excluding hydrogens is 1420 g/mol. The van der Waals surface area contributed by atoms with Gasteiger partial charge < -0.3 is 102 Å². The average molecular weight is 1510 g/mol. The first-order valence-electron chi connectivity index (χ1n) is 32.0. The van der Waals surface area contributed by atoms with Crippen molar-refractivity contribution in [1.82, 2.24) is 56.8 Å². The van der Waals surface area contributed by atoms with Gasteiger partial charge in [0.1, 0.15) is 36.1 Å². The SMILES string of the molecule is O=CO[C@H](CCCCNC(=O)[C@H](Cc1ccccc1)NC(=O)COc1ccc(C[C@H](CC(=O)CNC(=O)CCC(C(=O)O)N2CCN(CC(=O)O)CCN(C(CCC(O)NCC(=O)NC(P(=O)(O)O)P(=O)(O)O)C(=O)O)CCN(CC(=O)O)CC2)C(=O)O)cc1)NC(=O)N[C@@H](CCC(=O)O)C(=O)O. The molecule has 2 aromatic rings. The lowest BCUT2D eigenvalue weighted by Gasteiger charge is -2.37. The molecule has 1 heterocycles. The number of rotatable bonds is 47. The number of benzene rings is 2. The number of carboxylic acids is 7. The molecule has 574 valence electrons. The van der Waals surface area contributed by atoms with Gasteiger partial charge in [-0.05, 0) is 68.2 Å². The second-order valence-electron chi connectivity index (χ2n) is 23.7. The molecule has 0 aromatic heterocycles. The second kappa shape index (κ2) is 45.1. The molecule has 41 nitrogen and oxygen atoms in total. The maximum absolute atomic E-state index is 13.4. The lowest BCUT2D eigenvalue weighted by Crippen LogP contribution is -2.53. The molecule has 6 amide bonds. The van der Waals surface area contributed by atoms with Gasteiger partial charge in [-0.25, -0.2) is 9.59 Å². The summed E-state index contributed by atoms with van der Waals surface area (Å²) >= 11 is 0. The first-order valence-corrected chi connectivity index (χ1v) is 35.4. The van der Waals surface area contributed by atoms with Crippen LogP contribution >= 0.6 is 15.2 Å². The number of amides is 6. The summed E-state index contributed by atoms with van der Waals surface area (Å²) < 4.78 is 33.6. The molecule has 0 spiro atoms. The van der Waals surface area contributed by atoms with Crippen molar-refractivity contribution in [3.05, 3.63) is 65.7 Å². The molecule has 103 heavy (non-hydrogen) atoms. The van der Waals surface area contributed by atoms with E-state index in [1.807, 2.05) is 0 Å². The molecule has 3 unspecified atom stereocenters. The number of hydrogen-bond donors (Lipinski definition) is 19. The molecule has 2 aromatic carbocycles. The molecule has 1 aliphatic rings. The second-order valence-corrected chi connectivity index (χ2v) is 27.5. The molecule has 3 rings (SSSR count). The van der Waals surface area contributed by atoms with Crippen LogP contribution in [-0.2, 0) is 89.0 Å².